The van der Waals surface area contributed by atoms with Crippen molar-refractivity contribution in [1.29, 1.82) is 0 Å². The van der Waals surface area contributed by atoms with Crippen LogP contribution in [0.25, 0.3) is 0 Å². The summed E-state index contributed by atoms with van der Waals surface area (Å²) in [4.78, 5) is 14.7. The number of amides is 1. The minimum absolute atomic E-state index is 0.0592. The third kappa shape index (κ3) is 6.47. The van der Waals surface area contributed by atoms with Crippen LogP contribution in [-0.4, -0.2) is 56.3 Å². The van der Waals surface area contributed by atoms with E-state index in [1.165, 1.54) is 0 Å². The molecule has 156 valence electrons. The van der Waals surface area contributed by atoms with E-state index in [0.29, 0.717) is 19.2 Å². The van der Waals surface area contributed by atoms with Crippen LogP contribution in [0, 0.1) is 5.92 Å². The number of carbonyl (C=O) groups is 1. The Bertz CT molecular complexity index is 619. The second-order valence-corrected chi connectivity index (χ2v) is 8.16. The van der Waals surface area contributed by atoms with E-state index >= 15 is 0 Å². The van der Waals surface area contributed by atoms with E-state index in [2.05, 4.69) is 17.3 Å². The fraction of sp³-hybridized carbons (Fsp3) is 0.682. The van der Waals surface area contributed by atoms with Gasteiger partial charge < -0.3 is 20.5 Å². The maximum atomic E-state index is 12.4. The first-order valence-electron chi connectivity index (χ1n) is 10.6. The summed E-state index contributed by atoms with van der Waals surface area (Å²) in [6.07, 6.45) is 6.02. The molecule has 1 aromatic carbocycles. The van der Waals surface area contributed by atoms with Crippen molar-refractivity contribution in [3.8, 4) is 5.75 Å². The summed E-state index contributed by atoms with van der Waals surface area (Å²) in [6, 6.07) is 8.75. The van der Waals surface area contributed by atoms with E-state index in [1.54, 1.807) is 0 Å². The number of carbonyl (C=O) groups excluding carboxylic acids is 1. The van der Waals surface area contributed by atoms with E-state index in [0.717, 1.165) is 69.6 Å². The highest BCUT2D eigenvalue weighted by molar-refractivity contribution is 5.78. The molecular formula is C22H35N3O3. The smallest absolute Gasteiger partial charge is 0.223 e. The Morgan fingerprint density at radius 2 is 2.11 bits per heavy atom. The van der Waals surface area contributed by atoms with Crippen LogP contribution < -0.4 is 15.8 Å². The first kappa shape index (κ1) is 21.1. The number of likely N-dealkylation sites (N-methyl/N-ethyl adjacent to an activating group) is 1. The predicted octanol–water partition coefficient (Wildman–Crippen LogP) is 2.31. The van der Waals surface area contributed by atoms with Crippen LogP contribution in [0.15, 0.2) is 24.3 Å². The Morgan fingerprint density at radius 1 is 1.29 bits per heavy atom. The minimum atomic E-state index is 0.0592. The van der Waals surface area contributed by atoms with Crippen molar-refractivity contribution < 1.29 is 14.3 Å². The lowest BCUT2D eigenvalue weighted by Gasteiger charge is -2.31. The monoisotopic (exact) mass is 389 g/mol. The van der Waals surface area contributed by atoms with Crippen LogP contribution in [0.2, 0.25) is 0 Å². The van der Waals surface area contributed by atoms with Gasteiger partial charge >= 0.3 is 0 Å². The molecule has 28 heavy (non-hydrogen) atoms. The molecule has 1 aliphatic carbocycles. The molecule has 6 heteroatoms. The van der Waals surface area contributed by atoms with Crippen molar-refractivity contribution in [2.45, 2.75) is 57.2 Å². The fourth-order valence-corrected chi connectivity index (χ4v) is 4.16. The van der Waals surface area contributed by atoms with Crippen LogP contribution in [0.5, 0.6) is 5.75 Å². The molecule has 1 aromatic rings. The van der Waals surface area contributed by atoms with E-state index in [4.69, 9.17) is 15.2 Å². The first-order valence-corrected chi connectivity index (χ1v) is 10.6. The Kier molecular flexibility index (Phi) is 8.13. The molecule has 2 atom stereocenters. The second-order valence-electron chi connectivity index (χ2n) is 8.16. The first-order chi connectivity index (χ1) is 13.6. The Hall–Kier alpha value is -1.63. The maximum absolute atomic E-state index is 12.4. The van der Waals surface area contributed by atoms with Gasteiger partial charge in [-0.1, -0.05) is 18.6 Å². The zero-order chi connectivity index (χ0) is 19.8. The lowest BCUT2D eigenvalue weighted by atomic mass is 9.85. The van der Waals surface area contributed by atoms with Gasteiger partial charge in [-0.05, 0) is 56.8 Å². The van der Waals surface area contributed by atoms with Crippen molar-refractivity contribution >= 4 is 5.91 Å². The molecule has 2 fully saturated rings. The summed E-state index contributed by atoms with van der Waals surface area (Å²) in [5.74, 6) is 1.04. The molecule has 0 radical (unpaired) electrons. The van der Waals surface area contributed by atoms with Gasteiger partial charge in [0.15, 0.2) is 0 Å². The third-order valence-corrected chi connectivity index (χ3v) is 5.98. The summed E-state index contributed by atoms with van der Waals surface area (Å²) in [7, 11) is 2.16. The van der Waals surface area contributed by atoms with Crippen molar-refractivity contribution in [3.63, 3.8) is 0 Å². The number of rotatable bonds is 8. The lowest BCUT2D eigenvalue weighted by Crippen LogP contribution is -2.38. The molecule has 6 nitrogen and oxygen atoms in total. The average molecular weight is 390 g/mol. The highest BCUT2D eigenvalue weighted by Gasteiger charge is 2.25. The summed E-state index contributed by atoms with van der Waals surface area (Å²) in [5.41, 5.74) is 7.06. The van der Waals surface area contributed by atoms with Crippen molar-refractivity contribution in [1.82, 2.24) is 10.2 Å². The van der Waals surface area contributed by atoms with Gasteiger partial charge in [0.1, 0.15) is 12.4 Å². The molecule has 2 unspecified atom stereocenters. The molecule has 0 spiro atoms. The zero-order valence-corrected chi connectivity index (χ0v) is 17.1. The predicted molar refractivity (Wildman–Crippen MR) is 110 cm³/mol. The average Bonchev–Trinajstić information content (AvgIpc) is 2.73. The highest BCUT2D eigenvalue weighted by atomic mass is 16.5. The number of nitrogens with one attached hydrogen (secondary N) is 1. The SMILES string of the molecule is CN(CCOc1cccc(CNC(=O)C2CCCC(N)C2)c1)C1CCOCC1. The number of hydrogen-bond acceptors (Lipinski definition) is 5. The van der Waals surface area contributed by atoms with Gasteiger partial charge in [0, 0.05) is 44.3 Å². The second kappa shape index (κ2) is 10.8. The van der Waals surface area contributed by atoms with Crippen molar-refractivity contribution in [2.24, 2.45) is 11.7 Å². The lowest BCUT2D eigenvalue weighted by molar-refractivity contribution is -0.126. The van der Waals surface area contributed by atoms with Gasteiger partial charge in [0.25, 0.3) is 0 Å². The van der Waals surface area contributed by atoms with Gasteiger partial charge in [0.2, 0.25) is 5.91 Å². The van der Waals surface area contributed by atoms with Crippen LogP contribution in [0.1, 0.15) is 44.1 Å². The third-order valence-electron chi connectivity index (χ3n) is 5.98. The zero-order valence-electron chi connectivity index (χ0n) is 17.1. The van der Waals surface area contributed by atoms with Crippen LogP contribution in [0.4, 0.5) is 0 Å². The largest absolute Gasteiger partial charge is 0.492 e. The molecule has 1 amide bonds. The standard InChI is InChI=1S/C22H35N3O3/c1-25(20-8-11-27-12-9-20)10-13-28-21-7-2-4-17(14-21)16-24-22(26)18-5-3-6-19(23)15-18/h2,4,7,14,18-20H,3,5-6,8-13,15-16,23H2,1H3,(H,24,26). The summed E-state index contributed by atoms with van der Waals surface area (Å²) >= 11 is 0. The molecule has 0 aromatic heterocycles. The number of ether oxygens (including phenoxy) is 2. The quantitative estimate of drug-likeness (QED) is 0.713. The van der Waals surface area contributed by atoms with Gasteiger partial charge in [-0.25, -0.2) is 0 Å². The molecule has 1 heterocycles. The van der Waals surface area contributed by atoms with Crippen LogP contribution in [0.3, 0.4) is 0 Å². The molecule has 1 saturated heterocycles. The Labute approximate surface area is 168 Å². The number of nitrogens with two attached hydrogens (primary N) is 1. The van der Waals surface area contributed by atoms with Gasteiger partial charge in [-0.2, -0.15) is 0 Å². The number of benzene rings is 1. The topological polar surface area (TPSA) is 76.8 Å². The summed E-state index contributed by atoms with van der Waals surface area (Å²) in [5, 5.41) is 3.06. The minimum Gasteiger partial charge on any atom is -0.492 e. The summed E-state index contributed by atoms with van der Waals surface area (Å²) in [6.45, 7) is 3.80. The number of hydrogen-bond donors (Lipinski definition) is 2. The van der Waals surface area contributed by atoms with E-state index in [1.807, 2.05) is 24.3 Å². The van der Waals surface area contributed by atoms with E-state index in [-0.39, 0.29) is 17.9 Å². The molecule has 1 aliphatic heterocycles. The van der Waals surface area contributed by atoms with Gasteiger partial charge in [-0.3, -0.25) is 9.69 Å². The van der Waals surface area contributed by atoms with Crippen molar-refractivity contribution in [2.75, 3.05) is 33.4 Å². The Balaban J connectivity index is 1.40. The van der Waals surface area contributed by atoms with Gasteiger partial charge in [-0.15, -0.1) is 0 Å². The molecule has 3 N–H and O–H groups in total. The van der Waals surface area contributed by atoms with Crippen molar-refractivity contribution in [3.05, 3.63) is 29.8 Å². The van der Waals surface area contributed by atoms with Crippen LogP contribution >= 0.6 is 0 Å². The maximum Gasteiger partial charge on any atom is 0.223 e. The molecule has 3 rings (SSSR count). The normalized spacial score (nSPS) is 23.5. The Morgan fingerprint density at radius 3 is 2.89 bits per heavy atom. The van der Waals surface area contributed by atoms with Gasteiger partial charge in [0.05, 0.1) is 0 Å². The molecular weight excluding hydrogens is 354 g/mol. The molecule has 0 bridgehead atoms. The molecule has 1 saturated carbocycles. The summed E-state index contributed by atoms with van der Waals surface area (Å²) < 4.78 is 11.4. The van der Waals surface area contributed by atoms with Crippen LogP contribution in [-0.2, 0) is 16.1 Å². The fourth-order valence-electron chi connectivity index (χ4n) is 4.16. The number of nitrogens with zero attached hydrogens (tertiary/aromatic N) is 1. The molecule has 2 aliphatic rings. The van der Waals surface area contributed by atoms with E-state index < -0.39 is 0 Å². The van der Waals surface area contributed by atoms with E-state index in [9.17, 15) is 4.79 Å². The highest BCUT2D eigenvalue weighted by Crippen LogP contribution is 2.23.